The summed E-state index contributed by atoms with van der Waals surface area (Å²) in [6, 6.07) is 20.8. The van der Waals surface area contributed by atoms with Crippen LogP contribution < -0.4 is 0 Å². The van der Waals surface area contributed by atoms with E-state index in [1.54, 1.807) is 6.07 Å². The topological polar surface area (TPSA) is 55.0 Å². The van der Waals surface area contributed by atoms with Crippen LogP contribution in [0.3, 0.4) is 0 Å². The van der Waals surface area contributed by atoms with Crippen molar-refractivity contribution in [2.75, 3.05) is 13.1 Å². The number of aromatic amines is 2. The largest absolute Gasteiger partial charge is 0.508 e. The van der Waals surface area contributed by atoms with Crippen molar-refractivity contribution in [1.82, 2.24) is 14.9 Å². The lowest BCUT2D eigenvalue weighted by Gasteiger charge is -2.26. The number of aromatic hydroxyl groups is 1. The first-order valence-electron chi connectivity index (χ1n) is 11.5. The van der Waals surface area contributed by atoms with E-state index in [2.05, 4.69) is 57.5 Å². The number of phenolic OH excluding ortho intramolecular Hbond substituents is 1. The third-order valence-corrected chi connectivity index (χ3v) is 6.73. The lowest BCUT2D eigenvalue weighted by molar-refractivity contribution is 0.221. The predicted molar refractivity (Wildman–Crippen MR) is 132 cm³/mol. The molecule has 4 nitrogen and oxygen atoms in total. The van der Waals surface area contributed by atoms with E-state index < -0.39 is 0 Å². The summed E-state index contributed by atoms with van der Waals surface area (Å²) in [6.45, 7) is 3.47. The first kappa shape index (κ1) is 19.2. The Hall–Kier alpha value is -3.50. The predicted octanol–water partition coefficient (Wildman–Crippen LogP) is 6.67. The van der Waals surface area contributed by atoms with Gasteiger partial charge in [-0.15, -0.1) is 0 Å². The molecule has 0 unspecified atom stereocenters. The zero-order valence-electron chi connectivity index (χ0n) is 18.1. The number of benzene rings is 3. The number of phenols is 1. The quantitative estimate of drug-likeness (QED) is 0.303. The molecule has 0 amide bonds. The van der Waals surface area contributed by atoms with Crippen molar-refractivity contribution in [1.29, 1.82) is 0 Å². The van der Waals surface area contributed by atoms with Crippen molar-refractivity contribution in [2.45, 2.75) is 25.8 Å². The normalized spacial score (nSPS) is 15.0. The van der Waals surface area contributed by atoms with Gasteiger partial charge in [-0.3, -0.25) is 4.90 Å². The number of rotatable bonds is 4. The molecule has 2 aromatic heterocycles. The van der Waals surface area contributed by atoms with Gasteiger partial charge >= 0.3 is 0 Å². The van der Waals surface area contributed by atoms with Crippen LogP contribution in [0.25, 0.3) is 44.1 Å². The first-order chi connectivity index (χ1) is 15.7. The lowest BCUT2D eigenvalue weighted by Crippen LogP contribution is -2.28. The van der Waals surface area contributed by atoms with Crippen LogP contribution in [0.2, 0.25) is 0 Å². The maximum Gasteiger partial charge on any atom is 0.116 e. The number of nitrogens with one attached hydrogen (secondary N) is 2. The molecule has 0 atom stereocenters. The van der Waals surface area contributed by atoms with Crippen molar-refractivity contribution in [3.8, 4) is 28.1 Å². The molecule has 0 aliphatic carbocycles. The van der Waals surface area contributed by atoms with E-state index in [9.17, 15) is 5.11 Å². The van der Waals surface area contributed by atoms with Crippen LogP contribution in [0, 0.1) is 0 Å². The molecule has 3 aromatic carbocycles. The Balaban J connectivity index is 1.37. The average Bonchev–Trinajstić information content (AvgIpc) is 3.46. The van der Waals surface area contributed by atoms with Crippen LogP contribution >= 0.6 is 0 Å². The molecule has 1 fully saturated rings. The molecule has 0 spiro atoms. The summed E-state index contributed by atoms with van der Waals surface area (Å²) in [4.78, 5) is 9.48. The Labute approximate surface area is 187 Å². The highest BCUT2D eigenvalue weighted by atomic mass is 16.3. The first-order valence-corrected chi connectivity index (χ1v) is 11.5. The second kappa shape index (κ2) is 7.88. The molecule has 1 saturated heterocycles. The van der Waals surface area contributed by atoms with Crippen LogP contribution in [0.5, 0.6) is 5.75 Å². The van der Waals surface area contributed by atoms with Gasteiger partial charge in [0.25, 0.3) is 0 Å². The fourth-order valence-corrected chi connectivity index (χ4v) is 5.12. The highest BCUT2D eigenvalue weighted by Crippen LogP contribution is 2.37. The van der Waals surface area contributed by atoms with Gasteiger partial charge in [-0.25, -0.2) is 0 Å². The molecule has 0 bridgehead atoms. The van der Waals surface area contributed by atoms with Crippen molar-refractivity contribution in [3.63, 3.8) is 0 Å². The van der Waals surface area contributed by atoms with E-state index >= 15 is 0 Å². The van der Waals surface area contributed by atoms with Crippen LogP contribution in [0.4, 0.5) is 0 Å². The van der Waals surface area contributed by atoms with Crippen LogP contribution in [-0.4, -0.2) is 33.1 Å². The molecule has 0 radical (unpaired) electrons. The number of nitrogens with zero attached hydrogens (tertiary/aromatic N) is 1. The molecule has 5 aromatic rings. The minimum Gasteiger partial charge on any atom is -0.508 e. The van der Waals surface area contributed by atoms with Gasteiger partial charge in [0.15, 0.2) is 0 Å². The molecule has 1 aliphatic heterocycles. The average molecular weight is 422 g/mol. The zero-order valence-corrected chi connectivity index (χ0v) is 18.1. The Morgan fingerprint density at radius 1 is 0.812 bits per heavy atom. The molecular weight excluding hydrogens is 394 g/mol. The second-order valence-corrected chi connectivity index (χ2v) is 8.94. The van der Waals surface area contributed by atoms with E-state index in [0.717, 1.165) is 28.8 Å². The molecule has 3 heterocycles. The smallest absolute Gasteiger partial charge is 0.116 e. The van der Waals surface area contributed by atoms with Gasteiger partial charge in [-0.1, -0.05) is 36.8 Å². The SMILES string of the molecule is Oc1cccc(-c2ccc(-c3cc4cc(CN5CCCCC5)ccc4[nH]3)c3c[nH]cc23)c1. The van der Waals surface area contributed by atoms with E-state index in [1.165, 1.54) is 59.8 Å². The number of hydrogen-bond donors (Lipinski definition) is 3. The Morgan fingerprint density at radius 3 is 2.47 bits per heavy atom. The van der Waals surface area contributed by atoms with Gasteiger partial charge in [0.2, 0.25) is 0 Å². The van der Waals surface area contributed by atoms with Crippen molar-refractivity contribution in [2.24, 2.45) is 0 Å². The number of fused-ring (bicyclic) bond motifs is 2. The van der Waals surface area contributed by atoms with Gasteiger partial charge in [0, 0.05) is 51.9 Å². The number of likely N-dealkylation sites (tertiary alicyclic amines) is 1. The summed E-state index contributed by atoms with van der Waals surface area (Å²) in [5.74, 6) is 0.284. The highest BCUT2D eigenvalue weighted by Gasteiger charge is 2.14. The van der Waals surface area contributed by atoms with Gasteiger partial charge in [-0.05, 0) is 73.0 Å². The van der Waals surface area contributed by atoms with E-state index in [-0.39, 0.29) is 5.75 Å². The van der Waals surface area contributed by atoms with E-state index in [1.807, 2.05) is 24.4 Å². The summed E-state index contributed by atoms with van der Waals surface area (Å²) in [6.07, 6.45) is 8.11. The molecule has 0 saturated carbocycles. The molecule has 3 N–H and O–H groups in total. The molecule has 6 rings (SSSR count). The van der Waals surface area contributed by atoms with E-state index in [0.29, 0.717) is 0 Å². The van der Waals surface area contributed by atoms with Gasteiger partial charge in [0.05, 0.1) is 0 Å². The van der Waals surface area contributed by atoms with Gasteiger partial charge in [-0.2, -0.15) is 0 Å². The second-order valence-electron chi connectivity index (χ2n) is 8.94. The summed E-state index contributed by atoms with van der Waals surface area (Å²) < 4.78 is 0. The third-order valence-electron chi connectivity index (χ3n) is 6.73. The maximum atomic E-state index is 9.92. The Kier molecular flexibility index (Phi) is 4.73. The molecule has 1 aliphatic rings. The summed E-state index contributed by atoms with van der Waals surface area (Å²) in [5.41, 5.74) is 6.99. The highest BCUT2D eigenvalue weighted by molar-refractivity contribution is 6.05. The van der Waals surface area contributed by atoms with Gasteiger partial charge in [0.1, 0.15) is 5.75 Å². The maximum absolute atomic E-state index is 9.92. The summed E-state index contributed by atoms with van der Waals surface area (Å²) in [5, 5.41) is 13.5. The van der Waals surface area contributed by atoms with Crippen LogP contribution in [-0.2, 0) is 6.54 Å². The number of H-pyrrole nitrogens is 2. The Bertz CT molecular complexity index is 1410. The summed E-state index contributed by atoms with van der Waals surface area (Å²) in [7, 11) is 0. The number of piperidine rings is 1. The van der Waals surface area contributed by atoms with Crippen molar-refractivity contribution >= 4 is 21.7 Å². The fraction of sp³-hybridized carbons (Fsp3) is 0.214. The third kappa shape index (κ3) is 3.47. The van der Waals surface area contributed by atoms with Crippen molar-refractivity contribution < 1.29 is 5.11 Å². The number of aromatic nitrogens is 2. The molecule has 160 valence electrons. The lowest BCUT2D eigenvalue weighted by atomic mass is 9.96. The van der Waals surface area contributed by atoms with Crippen LogP contribution in [0.15, 0.2) is 73.1 Å². The van der Waals surface area contributed by atoms with E-state index in [4.69, 9.17) is 0 Å². The standard InChI is InChI=1S/C28H27N3O/c32-22-6-4-5-20(14-22)23-8-9-24(26-17-29-16-25(23)26)28-15-21-13-19(7-10-27(21)30-28)18-31-11-2-1-3-12-31/h4-10,13-17,29-30,32H,1-3,11-12,18H2. The minimum absolute atomic E-state index is 0.284. The summed E-state index contributed by atoms with van der Waals surface area (Å²) >= 11 is 0. The zero-order chi connectivity index (χ0) is 21.5. The monoisotopic (exact) mass is 421 g/mol. The minimum atomic E-state index is 0.284. The van der Waals surface area contributed by atoms with Crippen LogP contribution in [0.1, 0.15) is 24.8 Å². The fourth-order valence-electron chi connectivity index (χ4n) is 5.12. The Morgan fingerprint density at radius 2 is 1.62 bits per heavy atom. The van der Waals surface area contributed by atoms with Crippen molar-refractivity contribution in [3.05, 3.63) is 78.6 Å². The van der Waals surface area contributed by atoms with Gasteiger partial charge < -0.3 is 15.1 Å². The molecular formula is C28H27N3O. The molecule has 32 heavy (non-hydrogen) atoms. The number of hydrogen-bond acceptors (Lipinski definition) is 2. The molecule has 4 heteroatoms.